The molecule has 1 heterocycles. The third-order valence-corrected chi connectivity index (χ3v) is 2.23. The Morgan fingerprint density at radius 2 is 2.06 bits per heavy atom. The first-order valence-corrected chi connectivity index (χ1v) is 5.09. The van der Waals surface area contributed by atoms with Crippen LogP contribution >= 0.6 is 0 Å². The van der Waals surface area contributed by atoms with Gasteiger partial charge in [0, 0.05) is 0 Å². The highest BCUT2D eigenvalue weighted by Crippen LogP contribution is 2.18. The first-order valence-electron chi connectivity index (χ1n) is 5.09. The van der Waals surface area contributed by atoms with Gasteiger partial charge in [0.2, 0.25) is 0 Å². The van der Waals surface area contributed by atoms with Crippen molar-refractivity contribution in [1.82, 2.24) is 0 Å². The molecule has 0 radical (unpaired) electrons. The van der Waals surface area contributed by atoms with Crippen molar-refractivity contribution in [3.05, 3.63) is 53.5 Å². The number of benzene rings is 1. The summed E-state index contributed by atoms with van der Waals surface area (Å²) in [5.41, 5.74) is 0.584. The minimum absolute atomic E-state index is 0.173. The Kier molecular flexibility index (Phi) is 3.05. The highest BCUT2D eigenvalue weighted by atomic mass is 16.4. The Morgan fingerprint density at radius 1 is 1.29 bits per heavy atom. The number of carboxylic acid groups (broad SMARTS) is 1. The number of carboxylic acids is 1. The van der Waals surface area contributed by atoms with Gasteiger partial charge in [-0.1, -0.05) is 12.1 Å². The first-order chi connectivity index (χ1) is 8.16. The molecule has 0 amide bonds. The number of hydrogen-bond donors (Lipinski definition) is 1. The predicted molar refractivity (Wildman–Crippen MR) is 64.1 cm³/mol. The Hall–Kier alpha value is -2.36. The molecule has 0 aliphatic carbocycles. The number of aromatic carboxylic acids is 1. The van der Waals surface area contributed by atoms with E-state index in [0.29, 0.717) is 11.4 Å². The molecule has 4 nitrogen and oxygen atoms in total. The maximum atomic E-state index is 10.9. The van der Waals surface area contributed by atoms with E-state index in [2.05, 4.69) is 4.99 Å². The minimum atomic E-state index is -0.992. The number of para-hydroxylation sites is 1. The van der Waals surface area contributed by atoms with Crippen LogP contribution in [-0.4, -0.2) is 17.3 Å². The lowest BCUT2D eigenvalue weighted by Gasteiger charge is -1.98. The fraction of sp³-hybridized carbons (Fsp3) is 0.0769. The maximum Gasteiger partial charge on any atom is 0.337 e. The number of nitrogens with zero attached hydrogens (tertiary/aromatic N) is 1. The molecular formula is C13H11NO3. The van der Waals surface area contributed by atoms with Gasteiger partial charge in [-0.05, 0) is 31.2 Å². The molecular weight excluding hydrogens is 218 g/mol. The summed E-state index contributed by atoms with van der Waals surface area (Å²) in [5.74, 6) is 0.397. The maximum absolute atomic E-state index is 10.9. The lowest BCUT2D eigenvalue weighted by Crippen LogP contribution is -1.95. The van der Waals surface area contributed by atoms with Crippen LogP contribution in [0.2, 0.25) is 0 Å². The number of aliphatic imine (C=N–C) groups is 1. The van der Waals surface area contributed by atoms with E-state index in [1.54, 1.807) is 24.3 Å². The third-order valence-electron chi connectivity index (χ3n) is 2.23. The lowest BCUT2D eigenvalue weighted by atomic mass is 10.2. The standard InChI is InChI=1S/C13H11NO3/c1-9-6-7-10(17-9)8-14-12-5-3-2-4-11(12)13(15)16/h2-8H,1H3,(H,15,16). The number of aryl methyl sites for hydroxylation is 1. The SMILES string of the molecule is Cc1ccc(C=Nc2ccccc2C(=O)O)o1. The summed E-state index contributed by atoms with van der Waals surface area (Å²) in [6.45, 7) is 1.84. The summed E-state index contributed by atoms with van der Waals surface area (Å²) >= 11 is 0. The zero-order valence-corrected chi connectivity index (χ0v) is 9.25. The van der Waals surface area contributed by atoms with Crippen molar-refractivity contribution in [3.63, 3.8) is 0 Å². The molecule has 0 atom stereocenters. The molecule has 0 saturated heterocycles. The van der Waals surface area contributed by atoms with Crippen LogP contribution in [0, 0.1) is 6.92 Å². The van der Waals surface area contributed by atoms with E-state index in [9.17, 15) is 4.79 Å². The lowest BCUT2D eigenvalue weighted by molar-refractivity contribution is 0.0698. The summed E-state index contributed by atoms with van der Waals surface area (Å²) < 4.78 is 5.31. The van der Waals surface area contributed by atoms with Gasteiger partial charge in [-0.25, -0.2) is 4.79 Å². The fourth-order valence-electron chi connectivity index (χ4n) is 1.42. The zero-order valence-electron chi connectivity index (χ0n) is 9.25. The average molecular weight is 229 g/mol. The molecule has 17 heavy (non-hydrogen) atoms. The van der Waals surface area contributed by atoms with Crippen LogP contribution in [0.25, 0.3) is 0 Å². The molecule has 0 spiro atoms. The van der Waals surface area contributed by atoms with E-state index in [1.165, 1.54) is 12.3 Å². The Bertz CT molecular complexity index is 570. The van der Waals surface area contributed by atoms with Gasteiger partial charge in [0.1, 0.15) is 11.5 Å². The van der Waals surface area contributed by atoms with Gasteiger partial charge < -0.3 is 9.52 Å². The molecule has 1 aromatic heterocycles. The minimum Gasteiger partial charge on any atom is -0.478 e. The predicted octanol–water partition coefficient (Wildman–Crippen LogP) is 3.04. The highest BCUT2D eigenvalue weighted by molar-refractivity contribution is 5.94. The van der Waals surface area contributed by atoms with Gasteiger partial charge in [0.05, 0.1) is 17.5 Å². The van der Waals surface area contributed by atoms with Crippen LogP contribution in [0.4, 0.5) is 5.69 Å². The Labute approximate surface area is 98.2 Å². The summed E-state index contributed by atoms with van der Waals surface area (Å²) in [6.07, 6.45) is 1.51. The van der Waals surface area contributed by atoms with Crippen LogP contribution in [0.5, 0.6) is 0 Å². The van der Waals surface area contributed by atoms with Crippen LogP contribution < -0.4 is 0 Å². The van der Waals surface area contributed by atoms with Gasteiger partial charge in [-0.15, -0.1) is 0 Å². The normalized spacial score (nSPS) is 10.9. The van der Waals surface area contributed by atoms with E-state index in [4.69, 9.17) is 9.52 Å². The summed E-state index contributed by atoms with van der Waals surface area (Å²) in [6, 6.07) is 10.2. The van der Waals surface area contributed by atoms with Gasteiger partial charge in [-0.2, -0.15) is 0 Å². The average Bonchev–Trinajstić information content (AvgIpc) is 2.73. The van der Waals surface area contributed by atoms with Crippen molar-refractivity contribution >= 4 is 17.9 Å². The Morgan fingerprint density at radius 3 is 2.71 bits per heavy atom. The van der Waals surface area contributed by atoms with E-state index >= 15 is 0 Å². The molecule has 86 valence electrons. The van der Waals surface area contributed by atoms with Crippen LogP contribution in [0.15, 0.2) is 45.8 Å². The second-order valence-electron chi connectivity index (χ2n) is 3.53. The van der Waals surface area contributed by atoms with E-state index in [1.807, 2.05) is 13.0 Å². The van der Waals surface area contributed by atoms with Crippen LogP contribution in [0.1, 0.15) is 21.9 Å². The Balaban J connectivity index is 2.30. The largest absolute Gasteiger partial charge is 0.478 e. The van der Waals surface area contributed by atoms with E-state index in [0.717, 1.165) is 5.76 Å². The summed E-state index contributed by atoms with van der Waals surface area (Å²) in [4.78, 5) is 15.1. The third kappa shape index (κ3) is 2.60. The molecule has 0 bridgehead atoms. The molecule has 0 fully saturated rings. The van der Waals surface area contributed by atoms with Gasteiger partial charge >= 0.3 is 5.97 Å². The monoisotopic (exact) mass is 229 g/mol. The molecule has 2 rings (SSSR count). The number of furan rings is 1. The van der Waals surface area contributed by atoms with Crippen molar-refractivity contribution in [3.8, 4) is 0 Å². The second-order valence-corrected chi connectivity index (χ2v) is 3.53. The first kappa shape index (κ1) is 11.1. The fourth-order valence-corrected chi connectivity index (χ4v) is 1.42. The van der Waals surface area contributed by atoms with Crippen molar-refractivity contribution in [2.45, 2.75) is 6.92 Å². The number of carbonyl (C=O) groups is 1. The van der Waals surface area contributed by atoms with E-state index < -0.39 is 5.97 Å². The van der Waals surface area contributed by atoms with Crippen LogP contribution in [-0.2, 0) is 0 Å². The summed E-state index contributed by atoms with van der Waals surface area (Å²) in [5, 5.41) is 8.97. The molecule has 1 aromatic carbocycles. The molecule has 2 aromatic rings. The van der Waals surface area contributed by atoms with E-state index in [-0.39, 0.29) is 5.56 Å². The van der Waals surface area contributed by atoms with Gasteiger partial charge in [0.15, 0.2) is 0 Å². The number of hydrogen-bond acceptors (Lipinski definition) is 3. The van der Waals surface area contributed by atoms with Gasteiger partial charge in [-0.3, -0.25) is 4.99 Å². The smallest absolute Gasteiger partial charge is 0.337 e. The zero-order chi connectivity index (χ0) is 12.3. The van der Waals surface area contributed by atoms with Crippen molar-refractivity contribution < 1.29 is 14.3 Å². The molecule has 4 heteroatoms. The number of rotatable bonds is 3. The summed E-state index contributed by atoms with van der Waals surface area (Å²) in [7, 11) is 0. The molecule has 1 N–H and O–H groups in total. The molecule has 0 unspecified atom stereocenters. The van der Waals surface area contributed by atoms with Crippen molar-refractivity contribution in [2.75, 3.05) is 0 Å². The van der Waals surface area contributed by atoms with Gasteiger partial charge in [0.25, 0.3) is 0 Å². The quantitative estimate of drug-likeness (QED) is 0.823. The highest BCUT2D eigenvalue weighted by Gasteiger charge is 2.07. The topological polar surface area (TPSA) is 62.8 Å². The molecule has 0 aliphatic heterocycles. The molecule has 0 saturated carbocycles. The van der Waals surface area contributed by atoms with Crippen molar-refractivity contribution in [1.29, 1.82) is 0 Å². The molecule has 0 aliphatic rings. The van der Waals surface area contributed by atoms with Crippen molar-refractivity contribution in [2.24, 2.45) is 4.99 Å². The second kappa shape index (κ2) is 4.65. The van der Waals surface area contributed by atoms with Crippen LogP contribution in [0.3, 0.4) is 0 Å².